The Kier molecular flexibility index (Phi) is 4.31. The second kappa shape index (κ2) is 6.16. The van der Waals surface area contributed by atoms with E-state index in [2.05, 4.69) is 5.16 Å². The van der Waals surface area contributed by atoms with E-state index in [9.17, 15) is 5.11 Å². The van der Waals surface area contributed by atoms with E-state index in [1.54, 1.807) is 0 Å². The maximum absolute atomic E-state index is 10.4. The molecule has 2 aromatic rings. The number of aryl methyl sites for hydroxylation is 1. The fourth-order valence-electron chi connectivity index (χ4n) is 1.88. The summed E-state index contributed by atoms with van der Waals surface area (Å²) in [6, 6.07) is 17.2. The molecule has 98 valence electrons. The van der Waals surface area contributed by atoms with Gasteiger partial charge in [-0.05, 0) is 12.5 Å². The molecular formula is C16H17NO2. The molecule has 0 bridgehead atoms. The fourth-order valence-corrected chi connectivity index (χ4v) is 1.88. The van der Waals surface area contributed by atoms with Crippen LogP contribution in [0.25, 0.3) is 0 Å². The molecule has 0 aliphatic carbocycles. The van der Waals surface area contributed by atoms with Crippen LogP contribution in [0.2, 0.25) is 0 Å². The summed E-state index contributed by atoms with van der Waals surface area (Å²) >= 11 is 0. The maximum Gasteiger partial charge on any atom is 0.125 e. The Balaban J connectivity index is 2.36. The Morgan fingerprint density at radius 1 is 1.05 bits per heavy atom. The van der Waals surface area contributed by atoms with E-state index in [0.717, 1.165) is 16.7 Å². The lowest BCUT2D eigenvalue weighted by Crippen LogP contribution is -2.14. The van der Waals surface area contributed by atoms with Gasteiger partial charge < -0.3 is 9.94 Å². The average molecular weight is 255 g/mol. The van der Waals surface area contributed by atoms with E-state index in [-0.39, 0.29) is 0 Å². The Bertz CT molecular complexity index is 547. The van der Waals surface area contributed by atoms with Crippen molar-refractivity contribution in [3.05, 3.63) is 71.3 Å². The first-order valence-corrected chi connectivity index (χ1v) is 6.13. The van der Waals surface area contributed by atoms with Gasteiger partial charge in [0, 0.05) is 5.56 Å². The van der Waals surface area contributed by atoms with Crippen molar-refractivity contribution in [1.29, 1.82) is 0 Å². The lowest BCUT2D eigenvalue weighted by molar-refractivity contribution is 0.196. The zero-order valence-electron chi connectivity index (χ0n) is 11.1. The molecule has 1 N–H and O–H groups in total. The first-order chi connectivity index (χ1) is 9.22. The van der Waals surface area contributed by atoms with Crippen molar-refractivity contribution in [2.45, 2.75) is 13.0 Å². The van der Waals surface area contributed by atoms with Crippen LogP contribution in [0.15, 0.2) is 59.8 Å². The largest absolute Gasteiger partial charge is 0.399 e. The van der Waals surface area contributed by atoms with Crippen molar-refractivity contribution in [1.82, 2.24) is 0 Å². The molecule has 0 radical (unpaired) electrons. The minimum absolute atomic E-state index is 0.508. The summed E-state index contributed by atoms with van der Waals surface area (Å²) in [6.07, 6.45) is -0.802. The number of hydrogen-bond acceptors (Lipinski definition) is 3. The van der Waals surface area contributed by atoms with Crippen molar-refractivity contribution < 1.29 is 9.94 Å². The van der Waals surface area contributed by atoms with Crippen LogP contribution in [0.5, 0.6) is 0 Å². The third-order valence-electron chi connectivity index (χ3n) is 2.91. The van der Waals surface area contributed by atoms with Crippen molar-refractivity contribution >= 4 is 5.71 Å². The van der Waals surface area contributed by atoms with Crippen LogP contribution in [-0.2, 0) is 4.84 Å². The second-order valence-corrected chi connectivity index (χ2v) is 4.34. The topological polar surface area (TPSA) is 41.8 Å². The summed E-state index contributed by atoms with van der Waals surface area (Å²) in [5.74, 6) is 0. The van der Waals surface area contributed by atoms with Gasteiger partial charge in [-0.2, -0.15) is 0 Å². The van der Waals surface area contributed by atoms with Gasteiger partial charge >= 0.3 is 0 Å². The molecule has 19 heavy (non-hydrogen) atoms. The Morgan fingerprint density at radius 2 is 1.68 bits per heavy atom. The zero-order chi connectivity index (χ0) is 13.7. The van der Waals surface area contributed by atoms with Gasteiger partial charge in [0.2, 0.25) is 0 Å². The molecule has 0 fully saturated rings. The molecular weight excluding hydrogens is 238 g/mol. The highest BCUT2D eigenvalue weighted by molar-refractivity contribution is 6.03. The smallest absolute Gasteiger partial charge is 0.125 e. The summed E-state index contributed by atoms with van der Waals surface area (Å²) in [6.45, 7) is 2.02. The second-order valence-electron chi connectivity index (χ2n) is 4.34. The predicted octanol–water partition coefficient (Wildman–Crippen LogP) is 3.08. The zero-order valence-corrected chi connectivity index (χ0v) is 11.1. The van der Waals surface area contributed by atoms with Crippen LogP contribution in [0.3, 0.4) is 0 Å². The van der Waals surface area contributed by atoms with Crippen LogP contribution in [0.4, 0.5) is 0 Å². The molecule has 0 saturated heterocycles. The quantitative estimate of drug-likeness (QED) is 0.674. The van der Waals surface area contributed by atoms with Gasteiger partial charge in [-0.25, -0.2) is 0 Å². The maximum atomic E-state index is 10.4. The highest BCUT2D eigenvalue weighted by Gasteiger charge is 2.17. The number of hydrogen-bond donors (Lipinski definition) is 1. The minimum atomic E-state index is -0.802. The predicted molar refractivity (Wildman–Crippen MR) is 76.1 cm³/mol. The SMILES string of the molecule is CO/N=C(/c1ccc(C)cc1)C(O)c1ccccc1. The van der Waals surface area contributed by atoms with Crippen molar-refractivity contribution in [2.24, 2.45) is 5.16 Å². The average Bonchev–Trinajstić information content (AvgIpc) is 2.46. The number of oxime groups is 1. The Hall–Kier alpha value is -2.13. The summed E-state index contributed by atoms with van der Waals surface area (Å²) in [7, 11) is 1.48. The summed E-state index contributed by atoms with van der Waals surface area (Å²) in [5, 5.41) is 14.4. The van der Waals surface area contributed by atoms with Gasteiger partial charge in [0.25, 0.3) is 0 Å². The van der Waals surface area contributed by atoms with Crippen LogP contribution < -0.4 is 0 Å². The number of nitrogens with zero attached hydrogens (tertiary/aromatic N) is 1. The Morgan fingerprint density at radius 3 is 2.26 bits per heavy atom. The van der Waals surface area contributed by atoms with Crippen LogP contribution in [0.1, 0.15) is 22.8 Å². The van der Waals surface area contributed by atoms with E-state index in [0.29, 0.717) is 5.71 Å². The van der Waals surface area contributed by atoms with E-state index in [1.165, 1.54) is 7.11 Å². The molecule has 0 heterocycles. The summed E-state index contributed by atoms with van der Waals surface area (Å²) < 4.78 is 0. The molecule has 0 aliphatic heterocycles. The van der Waals surface area contributed by atoms with Crippen LogP contribution in [0, 0.1) is 6.92 Å². The minimum Gasteiger partial charge on any atom is -0.399 e. The summed E-state index contributed by atoms with van der Waals surface area (Å²) in [5.41, 5.74) is 3.31. The van der Waals surface area contributed by atoms with E-state index >= 15 is 0 Å². The van der Waals surface area contributed by atoms with Gasteiger partial charge in [0.15, 0.2) is 0 Å². The van der Waals surface area contributed by atoms with Crippen LogP contribution >= 0.6 is 0 Å². The standard InChI is InChI=1S/C16H17NO2/c1-12-8-10-13(11-9-12)15(17-19-2)16(18)14-6-4-3-5-7-14/h3-11,16,18H,1-2H3/b17-15-. The highest BCUT2D eigenvalue weighted by atomic mass is 16.6. The monoisotopic (exact) mass is 255 g/mol. The van der Waals surface area contributed by atoms with E-state index < -0.39 is 6.10 Å². The lowest BCUT2D eigenvalue weighted by Gasteiger charge is -2.14. The van der Waals surface area contributed by atoms with Crippen molar-refractivity contribution in [3.63, 3.8) is 0 Å². The fraction of sp³-hybridized carbons (Fsp3) is 0.188. The molecule has 0 spiro atoms. The van der Waals surface area contributed by atoms with Gasteiger partial charge in [-0.3, -0.25) is 0 Å². The Labute approximate surface area is 113 Å². The van der Waals surface area contributed by atoms with Gasteiger partial charge in [0.05, 0.1) is 0 Å². The molecule has 2 aromatic carbocycles. The molecule has 1 unspecified atom stereocenters. The molecule has 2 rings (SSSR count). The normalized spacial score (nSPS) is 13.1. The third-order valence-corrected chi connectivity index (χ3v) is 2.91. The van der Waals surface area contributed by atoms with Gasteiger partial charge in [-0.15, -0.1) is 0 Å². The number of rotatable bonds is 4. The molecule has 3 heteroatoms. The van der Waals surface area contributed by atoms with Gasteiger partial charge in [-0.1, -0.05) is 65.3 Å². The van der Waals surface area contributed by atoms with E-state index in [1.807, 2.05) is 61.5 Å². The van der Waals surface area contributed by atoms with Gasteiger partial charge in [0.1, 0.15) is 18.9 Å². The molecule has 3 nitrogen and oxygen atoms in total. The molecule has 0 aliphatic rings. The molecule has 1 atom stereocenters. The highest BCUT2D eigenvalue weighted by Crippen LogP contribution is 2.19. The summed E-state index contributed by atoms with van der Waals surface area (Å²) in [4.78, 5) is 4.86. The van der Waals surface area contributed by atoms with Crippen LogP contribution in [-0.4, -0.2) is 17.9 Å². The molecule has 0 amide bonds. The number of aliphatic hydroxyl groups is 1. The van der Waals surface area contributed by atoms with Crippen molar-refractivity contribution in [2.75, 3.05) is 7.11 Å². The third kappa shape index (κ3) is 3.20. The van der Waals surface area contributed by atoms with Crippen molar-refractivity contribution in [3.8, 4) is 0 Å². The molecule has 0 aromatic heterocycles. The molecule has 0 saturated carbocycles. The number of aliphatic hydroxyl groups excluding tert-OH is 1. The number of benzene rings is 2. The first kappa shape index (κ1) is 13.3. The lowest BCUT2D eigenvalue weighted by atomic mass is 9.98. The first-order valence-electron chi connectivity index (χ1n) is 6.13. The van der Waals surface area contributed by atoms with E-state index in [4.69, 9.17) is 4.84 Å².